The maximum absolute atomic E-state index is 13.3. The van der Waals surface area contributed by atoms with Crippen LogP contribution in [0.2, 0.25) is 0 Å². The number of hydrogen-bond acceptors (Lipinski definition) is 8. The fourth-order valence-corrected chi connectivity index (χ4v) is 5.80. The molecule has 1 aliphatic rings. The molecule has 0 radical (unpaired) electrons. The molecule has 266 valence electrons. The van der Waals surface area contributed by atoms with Crippen LogP contribution >= 0.6 is 11.8 Å². The second kappa shape index (κ2) is 19.8. The van der Waals surface area contributed by atoms with Crippen molar-refractivity contribution in [3.8, 4) is 0 Å². The normalized spacial score (nSPS) is 16.3. The summed E-state index contributed by atoms with van der Waals surface area (Å²) in [6.07, 6.45) is 0.372. The highest BCUT2D eigenvalue weighted by atomic mass is 32.2. The van der Waals surface area contributed by atoms with Gasteiger partial charge in [0.15, 0.2) is 0 Å². The molecule has 2 aromatic rings. The molecule has 0 unspecified atom stereocenters. The van der Waals surface area contributed by atoms with E-state index in [1.54, 1.807) is 16.7 Å². The van der Waals surface area contributed by atoms with Crippen LogP contribution in [0.1, 0.15) is 45.1 Å². The van der Waals surface area contributed by atoms with E-state index in [1.807, 2.05) is 29.4 Å². The number of alkyl halides is 3. The minimum absolute atomic E-state index is 0.0443. The van der Waals surface area contributed by atoms with Crippen LogP contribution in [-0.2, 0) is 35.3 Å². The van der Waals surface area contributed by atoms with Gasteiger partial charge >= 0.3 is 18.1 Å². The largest absolute Gasteiger partial charge is 0.490 e. The van der Waals surface area contributed by atoms with Gasteiger partial charge in [-0.05, 0) is 53.5 Å². The van der Waals surface area contributed by atoms with Crippen LogP contribution in [0.4, 0.5) is 13.2 Å². The number of nitrogens with one attached hydrogen (secondary N) is 2. The number of likely N-dealkylation sites (tertiary alicyclic amines) is 1. The molecule has 1 saturated heterocycles. The summed E-state index contributed by atoms with van der Waals surface area (Å²) in [5.41, 5.74) is 1.07. The number of hydrogen-bond donors (Lipinski definition) is 3. The molecule has 0 saturated carbocycles. The fraction of sp³-hybridized carbons (Fsp3) is 0.545. The maximum Gasteiger partial charge on any atom is 0.490 e. The number of halogens is 3. The SMILES string of the molecule is CC[C@H](C)[C@@H](CN(CC(=O)N[C@@H](CCSC)C(=O)OC)Cc1cccc2ccccc12)NC(=O)[C@@H]1CCCN1C=O.O=C(O)C(F)(F)F. The summed E-state index contributed by atoms with van der Waals surface area (Å²) in [5.74, 6) is -2.81. The molecule has 3 N–H and O–H groups in total. The lowest BCUT2D eigenvalue weighted by atomic mass is 9.97. The number of nitrogens with zero attached hydrogens (tertiary/aromatic N) is 2. The molecule has 4 atom stereocenters. The number of amides is 3. The molecule has 0 aliphatic carbocycles. The number of thioether (sulfide) groups is 1. The van der Waals surface area contributed by atoms with Crippen molar-refractivity contribution in [2.24, 2.45) is 5.92 Å². The van der Waals surface area contributed by atoms with E-state index in [0.717, 1.165) is 35.6 Å². The van der Waals surface area contributed by atoms with Crippen molar-refractivity contribution in [3.63, 3.8) is 0 Å². The Morgan fingerprint density at radius 3 is 2.42 bits per heavy atom. The summed E-state index contributed by atoms with van der Waals surface area (Å²) in [6, 6.07) is 12.8. The van der Waals surface area contributed by atoms with Crippen molar-refractivity contribution in [2.45, 2.75) is 70.4 Å². The molecule has 0 spiro atoms. The Morgan fingerprint density at radius 1 is 1.15 bits per heavy atom. The molecule has 0 bridgehead atoms. The smallest absolute Gasteiger partial charge is 0.475 e. The van der Waals surface area contributed by atoms with Crippen molar-refractivity contribution in [1.82, 2.24) is 20.4 Å². The van der Waals surface area contributed by atoms with Crippen LogP contribution < -0.4 is 10.6 Å². The van der Waals surface area contributed by atoms with Crippen LogP contribution in [0.15, 0.2) is 42.5 Å². The van der Waals surface area contributed by atoms with Gasteiger partial charge in [-0.3, -0.25) is 19.3 Å². The van der Waals surface area contributed by atoms with E-state index in [0.29, 0.717) is 38.2 Å². The third-order valence-corrected chi connectivity index (χ3v) is 8.80. The quantitative estimate of drug-likeness (QED) is 0.176. The van der Waals surface area contributed by atoms with E-state index in [-0.39, 0.29) is 30.3 Å². The highest BCUT2D eigenvalue weighted by Crippen LogP contribution is 2.22. The zero-order valence-electron chi connectivity index (χ0n) is 27.6. The van der Waals surface area contributed by atoms with Gasteiger partial charge in [-0.2, -0.15) is 24.9 Å². The first kappa shape index (κ1) is 40.3. The molecule has 1 aliphatic heterocycles. The van der Waals surface area contributed by atoms with Crippen LogP contribution in [0.25, 0.3) is 10.8 Å². The van der Waals surface area contributed by atoms with E-state index in [2.05, 4.69) is 48.7 Å². The Labute approximate surface area is 282 Å². The van der Waals surface area contributed by atoms with E-state index in [4.69, 9.17) is 14.6 Å². The van der Waals surface area contributed by atoms with Gasteiger partial charge in [-0.15, -0.1) is 0 Å². The standard InChI is InChI=1S/C31H44N4O5S.C2HF3O2/c1-5-22(2)27(33-30(38)28-14-9-16-35(28)21-36)19-34(18-24-12-8-11-23-10-6-7-13-25(23)24)20-29(37)32-26(15-17-41-4)31(39)40-3;3-2(4,5)1(6)7/h6-8,10-13,21-22,26-28H,5,9,14-20H2,1-4H3,(H,32,37)(H,33,38);(H,6,7)/t22-,26-,27+,28-;/m0./s1. The lowest BCUT2D eigenvalue weighted by molar-refractivity contribution is -0.192. The summed E-state index contributed by atoms with van der Waals surface area (Å²) >= 11 is 1.60. The Morgan fingerprint density at radius 2 is 1.81 bits per heavy atom. The molecular formula is C33H45F3N4O7S. The summed E-state index contributed by atoms with van der Waals surface area (Å²) in [5, 5.41) is 15.4. The van der Waals surface area contributed by atoms with E-state index in [9.17, 15) is 32.3 Å². The topological polar surface area (TPSA) is 145 Å². The minimum Gasteiger partial charge on any atom is -0.475 e. The minimum atomic E-state index is -5.08. The number of rotatable bonds is 16. The molecule has 3 rings (SSSR count). The average Bonchev–Trinajstić information content (AvgIpc) is 3.55. The van der Waals surface area contributed by atoms with Gasteiger partial charge in [0.25, 0.3) is 0 Å². The first-order valence-corrected chi connectivity index (χ1v) is 17.0. The second-order valence-electron chi connectivity index (χ2n) is 11.5. The van der Waals surface area contributed by atoms with Crippen molar-refractivity contribution in [3.05, 3.63) is 48.0 Å². The van der Waals surface area contributed by atoms with Crippen LogP contribution in [0.3, 0.4) is 0 Å². The molecular weight excluding hydrogens is 653 g/mol. The van der Waals surface area contributed by atoms with Crippen LogP contribution in [-0.4, -0.2) is 108 Å². The fourth-order valence-electron chi connectivity index (χ4n) is 5.33. The summed E-state index contributed by atoms with van der Waals surface area (Å²) in [6.45, 7) is 5.70. The molecule has 1 heterocycles. The highest BCUT2D eigenvalue weighted by Gasteiger charge is 2.38. The lowest BCUT2D eigenvalue weighted by Crippen LogP contribution is -2.53. The van der Waals surface area contributed by atoms with Crippen molar-refractivity contribution in [2.75, 3.05) is 38.8 Å². The number of carboxylic acid groups (broad SMARTS) is 1. The molecule has 0 aromatic heterocycles. The molecule has 2 aromatic carbocycles. The Bertz CT molecular complexity index is 1380. The van der Waals surface area contributed by atoms with Gasteiger partial charge in [0.1, 0.15) is 12.1 Å². The molecule has 11 nitrogen and oxygen atoms in total. The number of aliphatic carboxylic acids is 1. The number of fused-ring (bicyclic) bond motifs is 1. The third-order valence-electron chi connectivity index (χ3n) is 8.16. The number of methoxy groups -OCH3 is 1. The number of benzene rings is 2. The number of carboxylic acids is 1. The van der Waals surface area contributed by atoms with Gasteiger partial charge in [-0.1, -0.05) is 62.7 Å². The van der Waals surface area contributed by atoms with E-state index in [1.165, 1.54) is 7.11 Å². The number of esters is 1. The van der Waals surface area contributed by atoms with Crippen LogP contribution in [0.5, 0.6) is 0 Å². The summed E-state index contributed by atoms with van der Waals surface area (Å²) in [4.78, 5) is 62.9. The molecule has 1 fully saturated rings. The number of carbonyl (C=O) groups is 5. The first-order valence-electron chi connectivity index (χ1n) is 15.6. The van der Waals surface area contributed by atoms with Crippen molar-refractivity contribution >= 4 is 52.7 Å². The van der Waals surface area contributed by atoms with E-state index < -0.39 is 30.2 Å². The predicted octanol–water partition coefficient (Wildman–Crippen LogP) is 3.84. The lowest BCUT2D eigenvalue weighted by Gasteiger charge is -2.33. The highest BCUT2D eigenvalue weighted by molar-refractivity contribution is 7.98. The Hall–Kier alpha value is -3.85. The van der Waals surface area contributed by atoms with Gasteiger partial charge in [0.05, 0.1) is 13.7 Å². The molecule has 48 heavy (non-hydrogen) atoms. The predicted molar refractivity (Wildman–Crippen MR) is 177 cm³/mol. The number of ether oxygens (including phenoxy) is 1. The molecule has 15 heteroatoms. The van der Waals surface area contributed by atoms with Gasteiger partial charge in [0.2, 0.25) is 18.2 Å². The molecule has 3 amide bonds. The second-order valence-corrected chi connectivity index (χ2v) is 12.5. The number of carbonyl (C=O) groups excluding carboxylic acids is 4. The third kappa shape index (κ3) is 12.6. The summed E-state index contributed by atoms with van der Waals surface area (Å²) in [7, 11) is 1.32. The van der Waals surface area contributed by atoms with Gasteiger partial charge in [-0.25, -0.2) is 9.59 Å². The van der Waals surface area contributed by atoms with Crippen molar-refractivity contribution in [1.29, 1.82) is 0 Å². The van der Waals surface area contributed by atoms with Gasteiger partial charge in [0, 0.05) is 25.7 Å². The van der Waals surface area contributed by atoms with Gasteiger partial charge < -0.3 is 25.4 Å². The zero-order chi connectivity index (χ0) is 35.9. The maximum atomic E-state index is 13.3. The first-order chi connectivity index (χ1) is 22.7. The van der Waals surface area contributed by atoms with E-state index >= 15 is 0 Å². The average molecular weight is 699 g/mol. The summed E-state index contributed by atoms with van der Waals surface area (Å²) < 4.78 is 36.7. The van der Waals surface area contributed by atoms with Crippen molar-refractivity contribution < 1.29 is 47.0 Å². The Kier molecular flexibility index (Phi) is 16.7. The Balaban J connectivity index is 0.00000103. The zero-order valence-corrected chi connectivity index (χ0v) is 28.4. The monoisotopic (exact) mass is 698 g/mol. The van der Waals surface area contributed by atoms with Crippen LogP contribution in [0, 0.1) is 5.92 Å².